The molecule has 5 heteroatoms. The molecule has 27 heavy (non-hydrogen) atoms. The number of benzene rings is 2. The molecule has 0 saturated carbocycles. The summed E-state index contributed by atoms with van der Waals surface area (Å²) in [6, 6.07) is 17.5. The van der Waals surface area contributed by atoms with Crippen LogP contribution in [-0.2, 0) is 11.2 Å². The highest BCUT2D eigenvalue weighted by molar-refractivity contribution is 8.18. The zero-order chi connectivity index (χ0) is 18.6. The van der Waals surface area contributed by atoms with Gasteiger partial charge in [0.05, 0.1) is 4.91 Å². The molecular formula is C22H22N2O2S. The predicted octanol–water partition coefficient (Wildman–Crippen LogP) is 4.32. The van der Waals surface area contributed by atoms with E-state index in [1.807, 2.05) is 6.08 Å². The highest BCUT2D eigenvalue weighted by atomic mass is 32.2. The Morgan fingerprint density at radius 2 is 1.78 bits per heavy atom. The Bertz CT molecular complexity index is 867. The molecule has 4 rings (SSSR count). The highest BCUT2D eigenvalue weighted by Crippen LogP contribution is 2.32. The van der Waals surface area contributed by atoms with Gasteiger partial charge in [0, 0.05) is 13.1 Å². The molecule has 1 amide bonds. The number of amides is 1. The van der Waals surface area contributed by atoms with E-state index in [9.17, 15) is 9.90 Å². The summed E-state index contributed by atoms with van der Waals surface area (Å²) in [5.74, 6) is 0.741. The van der Waals surface area contributed by atoms with E-state index < -0.39 is 0 Å². The van der Waals surface area contributed by atoms with Crippen LogP contribution in [0.15, 0.2) is 64.5 Å². The molecule has 0 atom stereocenters. The Morgan fingerprint density at radius 3 is 2.48 bits per heavy atom. The number of carbonyl (C=O) groups is 1. The third-order valence-electron chi connectivity index (χ3n) is 5.05. The number of hydrogen-bond acceptors (Lipinski definition) is 4. The quantitative estimate of drug-likeness (QED) is 0.809. The van der Waals surface area contributed by atoms with Crippen LogP contribution < -0.4 is 0 Å². The number of thioether (sulfide) groups is 1. The van der Waals surface area contributed by atoms with E-state index in [-0.39, 0.29) is 11.7 Å². The van der Waals surface area contributed by atoms with E-state index in [0.717, 1.165) is 43.1 Å². The molecule has 2 heterocycles. The van der Waals surface area contributed by atoms with Crippen molar-refractivity contribution in [1.82, 2.24) is 4.90 Å². The number of hydrogen-bond donors (Lipinski definition) is 1. The normalized spacial score (nSPS) is 19.6. The van der Waals surface area contributed by atoms with Gasteiger partial charge in [0.1, 0.15) is 5.75 Å². The number of rotatable bonds is 3. The number of aliphatic imine (C=N–C) groups is 1. The third kappa shape index (κ3) is 4.42. The molecule has 0 spiro atoms. The van der Waals surface area contributed by atoms with Gasteiger partial charge in [-0.2, -0.15) is 4.99 Å². The molecule has 138 valence electrons. The molecule has 0 aliphatic carbocycles. The molecule has 2 aromatic carbocycles. The number of amidine groups is 1. The van der Waals surface area contributed by atoms with Gasteiger partial charge in [-0.05, 0) is 66.3 Å². The van der Waals surface area contributed by atoms with E-state index in [1.165, 1.54) is 17.3 Å². The SMILES string of the molecule is O=C1N=C(N2CCC(Cc3ccccc3)CC2)SC1=Cc1ccc(O)cc1. The fourth-order valence-electron chi connectivity index (χ4n) is 3.53. The maximum atomic E-state index is 12.3. The standard InChI is InChI=1S/C22H22N2O2S/c25-19-8-6-17(7-9-19)15-20-21(26)23-22(27-20)24-12-10-18(11-13-24)14-16-4-2-1-3-5-16/h1-9,15,18,25H,10-14H2. The van der Waals surface area contributed by atoms with Crippen LogP contribution in [-0.4, -0.2) is 34.2 Å². The summed E-state index contributed by atoms with van der Waals surface area (Å²) in [7, 11) is 0. The number of aromatic hydroxyl groups is 1. The first kappa shape index (κ1) is 17.9. The Kier molecular flexibility index (Phi) is 5.30. The first-order valence-electron chi connectivity index (χ1n) is 9.28. The van der Waals surface area contributed by atoms with E-state index in [1.54, 1.807) is 24.3 Å². The molecular weight excluding hydrogens is 356 g/mol. The summed E-state index contributed by atoms with van der Waals surface area (Å²) < 4.78 is 0. The molecule has 0 radical (unpaired) electrons. The summed E-state index contributed by atoms with van der Waals surface area (Å²) in [5, 5.41) is 10.2. The lowest BCUT2D eigenvalue weighted by Gasteiger charge is -2.32. The van der Waals surface area contributed by atoms with E-state index >= 15 is 0 Å². The minimum absolute atomic E-state index is 0.172. The molecule has 1 N–H and O–H groups in total. The van der Waals surface area contributed by atoms with Gasteiger partial charge in [-0.25, -0.2) is 0 Å². The maximum Gasteiger partial charge on any atom is 0.286 e. The maximum absolute atomic E-state index is 12.3. The molecule has 2 aliphatic heterocycles. The molecule has 0 unspecified atom stereocenters. The van der Waals surface area contributed by atoms with Crippen LogP contribution >= 0.6 is 11.8 Å². The smallest absolute Gasteiger partial charge is 0.286 e. The lowest BCUT2D eigenvalue weighted by Crippen LogP contribution is -2.37. The molecule has 0 bridgehead atoms. The minimum atomic E-state index is -0.172. The summed E-state index contributed by atoms with van der Waals surface area (Å²) >= 11 is 1.45. The van der Waals surface area contributed by atoms with Crippen LogP contribution in [0.3, 0.4) is 0 Å². The van der Waals surface area contributed by atoms with Gasteiger partial charge in [-0.3, -0.25) is 4.79 Å². The van der Waals surface area contributed by atoms with Crippen LogP contribution in [0.2, 0.25) is 0 Å². The lowest BCUT2D eigenvalue weighted by molar-refractivity contribution is -0.113. The topological polar surface area (TPSA) is 52.9 Å². The number of phenols is 1. The van der Waals surface area contributed by atoms with Crippen LogP contribution in [0.25, 0.3) is 6.08 Å². The van der Waals surface area contributed by atoms with Gasteiger partial charge >= 0.3 is 0 Å². The van der Waals surface area contributed by atoms with E-state index in [2.05, 4.69) is 40.2 Å². The van der Waals surface area contributed by atoms with Gasteiger partial charge in [0.2, 0.25) is 0 Å². The highest BCUT2D eigenvalue weighted by Gasteiger charge is 2.29. The average Bonchev–Trinajstić information content (AvgIpc) is 3.05. The molecule has 0 aromatic heterocycles. The van der Waals surface area contributed by atoms with Gasteiger partial charge in [-0.1, -0.05) is 42.5 Å². The second-order valence-corrected chi connectivity index (χ2v) is 8.03. The summed E-state index contributed by atoms with van der Waals surface area (Å²) in [5.41, 5.74) is 2.29. The van der Waals surface area contributed by atoms with Crippen molar-refractivity contribution < 1.29 is 9.90 Å². The number of nitrogens with zero attached hydrogens (tertiary/aromatic N) is 2. The first-order chi connectivity index (χ1) is 13.2. The number of likely N-dealkylation sites (tertiary alicyclic amines) is 1. The summed E-state index contributed by atoms with van der Waals surface area (Å²) in [6.07, 6.45) is 5.21. The zero-order valence-electron chi connectivity index (χ0n) is 15.0. The Hall–Kier alpha value is -2.53. The molecule has 2 aliphatic rings. The first-order valence-corrected chi connectivity index (χ1v) is 10.1. The van der Waals surface area contributed by atoms with Crippen LogP contribution in [0.1, 0.15) is 24.0 Å². The zero-order valence-corrected chi connectivity index (χ0v) is 15.9. The molecule has 2 aromatic rings. The Balaban J connectivity index is 1.34. The van der Waals surface area contributed by atoms with Gasteiger partial charge < -0.3 is 10.0 Å². The number of carbonyl (C=O) groups excluding carboxylic acids is 1. The monoisotopic (exact) mass is 378 g/mol. The van der Waals surface area contributed by atoms with E-state index in [4.69, 9.17) is 0 Å². The van der Waals surface area contributed by atoms with Crippen LogP contribution in [0.5, 0.6) is 5.75 Å². The van der Waals surface area contributed by atoms with E-state index in [0.29, 0.717) is 10.8 Å². The fraction of sp³-hybridized carbons (Fsp3) is 0.273. The molecule has 4 nitrogen and oxygen atoms in total. The molecule has 1 saturated heterocycles. The van der Waals surface area contributed by atoms with Crippen molar-refractivity contribution in [2.24, 2.45) is 10.9 Å². The molecule has 1 fully saturated rings. The van der Waals surface area contributed by atoms with Crippen LogP contribution in [0.4, 0.5) is 0 Å². The van der Waals surface area contributed by atoms with Crippen molar-refractivity contribution in [2.75, 3.05) is 13.1 Å². The minimum Gasteiger partial charge on any atom is -0.508 e. The number of piperidine rings is 1. The van der Waals surface area contributed by atoms with Gasteiger partial charge in [0.25, 0.3) is 5.91 Å². The lowest BCUT2D eigenvalue weighted by atomic mass is 9.90. The van der Waals surface area contributed by atoms with Crippen molar-refractivity contribution in [2.45, 2.75) is 19.3 Å². The van der Waals surface area contributed by atoms with Crippen molar-refractivity contribution in [3.63, 3.8) is 0 Å². The largest absolute Gasteiger partial charge is 0.508 e. The average molecular weight is 378 g/mol. The van der Waals surface area contributed by atoms with Crippen molar-refractivity contribution >= 4 is 28.9 Å². The fourth-order valence-corrected chi connectivity index (χ4v) is 4.50. The van der Waals surface area contributed by atoms with Crippen molar-refractivity contribution in [3.05, 3.63) is 70.6 Å². The predicted molar refractivity (Wildman–Crippen MR) is 111 cm³/mol. The van der Waals surface area contributed by atoms with Gasteiger partial charge in [0.15, 0.2) is 5.17 Å². The number of phenolic OH excluding ortho intramolecular Hbond substituents is 1. The van der Waals surface area contributed by atoms with Crippen molar-refractivity contribution in [3.8, 4) is 5.75 Å². The second kappa shape index (κ2) is 8.01. The Labute approximate surface area is 163 Å². The summed E-state index contributed by atoms with van der Waals surface area (Å²) in [4.78, 5) is 19.4. The Morgan fingerprint density at radius 1 is 1.07 bits per heavy atom. The van der Waals surface area contributed by atoms with Gasteiger partial charge in [-0.15, -0.1) is 0 Å². The van der Waals surface area contributed by atoms with Crippen LogP contribution in [0, 0.1) is 5.92 Å². The second-order valence-electron chi connectivity index (χ2n) is 7.02. The van der Waals surface area contributed by atoms with Crippen molar-refractivity contribution in [1.29, 1.82) is 0 Å². The summed E-state index contributed by atoms with van der Waals surface area (Å²) in [6.45, 7) is 1.90. The third-order valence-corrected chi connectivity index (χ3v) is 6.10.